The maximum Gasteiger partial charge on any atom is 0.449 e. The zero-order valence-corrected chi connectivity index (χ0v) is 13.6. The van der Waals surface area contributed by atoms with E-state index in [0.717, 1.165) is 10.1 Å². The third kappa shape index (κ3) is 4.01. The molecule has 8 heteroatoms. The van der Waals surface area contributed by atoms with E-state index in [1.165, 1.54) is 24.3 Å². The van der Waals surface area contributed by atoms with E-state index in [2.05, 4.69) is 10.3 Å². The van der Waals surface area contributed by atoms with Crippen LogP contribution >= 0.6 is 0 Å². The normalized spacial score (nSPS) is 11.7. The first-order valence-corrected chi connectivity index (χ1v) is 7.88. The van der Waals surface area contributed by atoms with Crippen LogP contribution in [0.4, 0.5) is 17.6 Å². The summed E-state index contributed by atoms with van der Waals surface area (Å²) in [5.41, 5.74) is 1.24. The second-order valence-electron chi connectivity index (χ2n) is 5.73. The molecule has 0 aliphatic rings. The van der Waals surface area contributed by atoms with Gasteiger partial charge in [0, 0.05) is 6.54 Å². The minimum atomic E-state index is -4.66. The van der Waals surface area contributed by atoms with Crippen molar-refractivity contribution in [1.29, 1.82) is 0 Å². The average Bonchev–Trinajstić information content (AvgIpc) is 2.96. The van der Waals surface area contributed by atoms with Gasteiger partial charge < -0.3 is 9.88 Å². The van der Waals surface area contributed by atoms with Crippen molar-refractivity contribution in [3.05, 3.63) is 65.7 Å². The van der Waals surface area contributed by atoms with Crippen molar-refractivity contribution >= 4 is 16.9 Å². The Bertz CT molecular complexity index is 916. The number of para-hydroxylation sites is 2. The average molecular weight is 365 g/mol. The number of halogens is 4. The number of carbonyl (C=O) groups excluding carboxylic acids is 1. The third-order valence-electron chi connectivity index (χ3n) is 3.86. The van der Waals surface area contributed by atoms with E-state index >= 15 is 0 Å². The number of amides is 1. The fourth-order valence-electron chi connectivity index (χ4n) is 2.65. The molecule has 0 aliphatic heterocycles. The summed E-state index contributed by atoms with van der Waals surface area (Å²) in [5.74, 6) is -2.02. The van der Waals surface area contributed by atoms with Crippen LogP contribution in [-0.4, -0.2) is 22.0 Å². The molecular formula is C18H15F4N3O. The summed E-state index contributed by atoms with van der Waals surface area (Å²) >= 11 is 0. The Morgan fingerprint density at radius 1 is 1.08 bits per heavy atom. The van der Waals surface area contributed by atoms with Crippen LogP contribution in [0.25, 0.3) is 11.0 Å². The van der Waals surface area contributed by atoms with Crippen LogP contribution in [0.5, 0.6) is 0 Å². The predicted octanol–water partition coefficient (Wildman–Crippen LogP) is 3.55. The van der Waals surface area contributed by atoms with Crippen LogP contribution in [-0.2, 0) is 23.9 Å². The summed E-state index contributed by atoms with van der Waals surface area (Å²) in [4.78, 5) is 15.7. The van der Waals surface area contributed by atoms with Crippen molar-refractivity contribution in [2.24, 2.45) is 0 Å². The summed E-state index contributed by atoms with van der Waals surface area (Å²) in [7, 11) is 0. The van der Waals surface area contributed by atoms with E-state index in [-0.39, 0.29) is 23.4 Å². The van der Waals surface area contributed by atoms with Gasteiger partial charge in [-0.05, 0) is 36.2 Å². The lowest BCUT2D eigenvalue weighted by atomic mass is 10.1. The molecule has 2 aromatic carbocycles. The van der Waals surface area contributed by atoms with Gasteiger partial charge in [-0.15, -0.1) is 0 Å². The number of imidazole rings is 1. The summed E-state index contributed by atoms with van der Waals surface area (Å²) in [5, 5.41) is 2.58. The topological polar surface area (TPSA) is 46.9 Å². The molecule has 1 amide bonds. The van der Waals surface area contributed by atoms with Crippen LogP contribution in [0.15, 0.2) is 48.5 Å². The van der Waals surface area contributed by atoms with Gasteiger partial charge in [0.2, 0.25) is 11.7 Å². The molecule has 1 N–H and O–H groups in total. The van der Waals surface area contributed by atoms with Gasteiger partial charge in [-0.25, -0.2) is 9.37 Å². The highest BCUT2D eigenvalue weighted by molar-refractivity contribution is 5.81. The van der Waals surface area contributed by atoms with Crippen LogP contribution in [0.3, 0.4) is 0 Å². The summed E-state index contributed by atoms with van der Waals surface area (Å²) < 4.78 is 53.3. The summed E-state index contributed by atoms with van der Waals surface area (Å²) in [6, 6.07) is 11.9. The van der Waals surface area contributed by atoms with Crippen molar-refractivity contribution in [3.63, 3.8) is 0 Å². The van der Waals surface area contributed by atoms with Crippen LogP contribution in [0.2, 0.25) is 0 Å². The van der Waals surface area contributed by atoms with Gasteiger partial charge in [-0.2, -0.15) is 13.2 Å². The second-order valence-corrected chi connectivity index (χ2v) is 5.73. The molecule has 0 bridgehead atoms. The number of aromatic nitrogens is 2. The summed E-state index contributed by atoms with van der Waals surface area (Å²) in [6.07, 6.45) is -4.21. The van der Waals surface area contributed by atoms with Crippen molar-refractivity contribution in [1.82, 2.24) is 14.9 Å². The third-order valence-corrected chi connectivity index (χ3v) is 3.86. The predicted molar refractivity (Wildman–Crippen MR) is 87.8 cm³/mol. The Morgan fingerprint density at radius 2 is 1.77 bits per heavy atom. The van der Waals surface area contributed by atoms with Crippen molar-refractivity contribution in [2.75, 3.05) is 6.54 Å². The Labute approximate surface area is 146 Å². The quantitative estimate of drug-likeness (QED) is 0.703. The first kappa shape index (κ1) is 17.9. The van der Waals surface area contributed by atoms with E-state index in [1.54, 1.807) is 24.3 Å². The lowest BCUT2D eigenvalue weighted by Gasteiger charge is -2.11. The van der Waals surface area contributed by atoms with Gasteiger partial charge in [-0.3, -0.25) is 4.79 Å². The largest absolute Gasteiger partial charge is 0.449 e. The van der Waals surface area contributed by atoms with E-state index in [4.69, 9.17) is 0 Å². The standard InChI is InChI=1S/C18H15F4N3O/c19-13-7-5-12(6-8-13)9-10-23-16(26)11-25-15-4-2-1-3-14(15)24-17(25)18(20,21)22/h1-8H,9-11H2,(H,23,26). The highest BCUT2D eigenvalue weighted by Gasteiger charge is 2.37. The molecule has 3 aromatic rings. The molecule has 0 unspecified atom stereocenters. The maximum absolute atomic E-state index is 13.2. The van der Waals surface area contributed by atoms with Crippen LogP contribution < -0.4 is 5.32 Å². The molecule has 0 atom stereocenters. The molecule has 136 valence electrons. The monoisotopic (exact) mass is 365 g/mol. The van der Waals surface area contributed by atoms with E-state index < -0.39 is 24.5 Å². The number of hydrogen-bond donors (Lipinski definition) is 1. The number of hydrogen-bond acceptors (Lipinski definition) is 2. The Morgan fingerprint density at radius 3 is 2.46 bits per heavy atom. The minimum absolute atomic E-state index is 0.180. The van der Waals surface area contributed by atoms with Gasteiger partial charge in [0.05, 0.1) is 11.0 Å². The molecule has 0 spiro atoms. The molecule has 26 heavy (non-hydrogen) atoms. The first-order valence-electron chi connectivity index (χ1n) is 7.88. The fraction of sp³-hybridized carbons (Fsp3) is 0.222. The molecule has 0 aliphatic carbocycles. The Kier molecular flexibility index (Phi) is 4.92. The molecule has 1 heterocycles. The van der Waals surface area contributed by atoms with Gasteiger partial charge in [0.1, 0.15) is 12.4 Å². The van der Waals surface area contributed by atoms with E-state index in [1.807, 2.05) is 0 Å². The number of rotatable bonds is 5. The van der Waals surface area contributed by atoms with Crippen LogP contribution in [0.1, 0.15) is 11.4 Å². The first-order chi connectivity index (χ1) is 12.3. The van der Waals surface area contributed by atoms with Gasteiger partial charge in [-0.1, -0.05) is 24.3 Å². The molecule has 4 nitrogen and oxygen atoms in total. The Balaban J connectivity index is 1.69. The number of nitrogens with one attached hydrogen (secondary N) is 1. The molecule has 1 aromatic heterocycles. The maximum atomic E-state index is 13.2. The van der Waals surface area contributed by atoms with E-state index in [9.17, 15) is 22.4 Å². The Hall–Kier alpha value is -2.90. The number of fused-ring (bicyclic) bond motifs is 1. The lowest BCUT2D eigenvalue weighted by Crippen LogP contribution is -2.31. The zero-order valence-electron chi connectivity index (χ0n) is 13.6. The van der Waals surface area contributed by atoms with Crippen molar-refractivity contribution in [3.8, 4) is 0 Å². The van der Waals surface area contributed by atoms with Crippen molar-refractivity contribution < 1.29 is 22.4 Å². The number of carbonyl (C=O) groups is 1. The number of alkyl halides is 3. The fourth-order valence-corrected chi connectivity index (χ4v) is 2.65. The summed E-state index contributed by atoms with van der Waals surface area (Å²) in [6.45, 7) is -0.253. The number of nitrogens with zero attached hydrogens (tertiary/aromatic N) is 2. The molecule has 0 saturated heterocycles. The number of benzene rings is 2. The molecule has 0 saturated carbocycles. The smallest absolute Gasteiger partial charge is 0.354 e. The molecule has 3 rings (SSSR count). The second kappa shape index (κ2) is 7.15. The molecular weight excluding hydrogens is 350 g/mol. The van der Waals surface area contributed by atoms with Crippen molar-refractivity contribution in [2.45, 2.75) is 19.1 Å². The SMILES string of the molecule is O=C(Cn1c(C(F)(F)F)nc2ccccc21)NCCc1ccc(F)cc1. The van der Waals surface area contributed by atoms with Gasteiger partial charge >= 0.3 is 6.18 Å². The van der Waals surface area contributed by atoms with Crippen LogP contribution in [0, 0.1) is 5.82 Å². The lowest BCUT2D eigenvalue weighted by molar-refractivity contribution is -0.147. The van der Waals surface area contributed by atoms with Gasteiger partial charge in [0.15, 0.2) is 0 Å². The highest BCUT2D eigenvalue weighted by atomic mass is 19.4. The molecule has 0 fully saturated rings. The zero-order chi connectivity index (χ0) is 18.7. The van der Waals surface area contributed by atoms with E-state index in [0.29, 0.717) is 6.42 Å². The minimum Gasteiger partial charge on any atom is -0.354 e. The molecule has 0 radical (unpaired) electrons. The highest BCUT2D eigenvalue weighted by Crippen LogP contribution is 2.31. The van der Waals surface area contributed by atoms with Gasteiger partial charge in [0.25, 0.3) is 0 Å².